The number of aryl methyl sites for hydroxylation is 1. The van der Waals surface area contributed by atoms with Crippen LogP contribution in [-0.2, 0) is 6.54 Å². The van der Waals surface area contributed by atoms with E-state index >= 15 is 0 Å². The molecule has 0 aromatic heterocycles. The lowest BCUT2D eigenvalue weighted by Gasteiger charge is -2.24. The van der Waals surface area contributed by atoms with Crippen LogP contribution in [0.5, 0.6) is 0 Å². The second-order valence-corrected chi connectivity index (χ2v) is 9.41. The van der Waals surface area contributed by atoms with Gasteiger partial charge in [0.25, 0.3) is 0 Å². The van der Waals surface area contributed by atoms with Crippen LogP contribution in [0.1, 0.15) is 27.0 Å². The Morgan fingerprint density at radius 2 is 1.53 bits per heavy atom. The second-order valence-electron chi connectivity index (χ2n) is 9.41. The molecule has 34 heavy (non-hydrogen) atoms. The molecule has 3 aromatic carbocycles. The summed E-state index contributed by atoms with van der Waals surface area (Å²) in [5.74, 6) is 0.0299. The summed E-state index contributed by atoms with van der Waals surface area (Å²) in [6.45, 7) is 4.72. The lowest BCUT2D eigenvalue weighted by atomic mass is 9.97. The molecule has 0 radical (unpaired) electrons. The molecule has 0 aliphatic rings. The molecule has 3 aromatic rings. The molecule has 4 nitrogen and oxygen atoms in total. The number of nitrogens with zero attached hydrogens (tertiary/aromatic N) is 3. The maximum atomic E-state index is 13.1. The van der Waals surface area contributed by atoms with E-state index in [1.807, 2.05) is 44.4 Å². The Morgan fingerprint density at radius 1 is 0.824 bits per heavy atom. The van der Waals surface area contributed by atoms with Gasteiger partial charge in [-0.15, -0.1) is 0 Å². The van der Waals surface area contributed by atoms with Crippen LogP contribution in [0.4, 0.5) is 5.69 Å². The van der Waals surface area contributed by atoms with Gasteiger partial charge >= 0.3 is 0 Å². The molecule has 0 amide bonds. The van der Waals surface area contributed by atoms with Gasteiger partial charge in [0.1, 0.15) is 0 Å². The van der Waals surface area contributed by atoms with Gasteiger partial charge in [-0.05, 0) is 81.2 Å². The zero-order chi connectivity index (χ0) is 24.7. The highest BCUT2D eigenvalue weighted by molar-refractivity contribution is 6.08. The summed E-state index contributed by atoms with van der Waals surface area (Å²) >= 11 is 0. The smallest absolute Gasteiger partial charge is 0.186 e. The zero-order valence-electron chi connectivity index (χ0n) is 21.4. The normalized spacial score (nSPS) is 11.5. The molecular weight excluding hydrogens is 418 g/mol. The average Bonchev–Trinajstić information content (AvgIpc) is 2.81. The Bertz CT molecular complexity index is 1150. The van der Waals surface area contributed by atoms with E-state index < -0.39 is 0 Å². The number of hydrogen-bond donors (Lipinski definition) is 0. The third-order valence-electron chi connectivity index (χ3n) is 5.96. The highest BCUT2D eigenvalue weighted by atomic mass is 16.1. The van der Waals surface area contributed by atoms with E-state index in [0.29, 0.717) is 0 Å². The highest BCUT2D eigenvalue weighted by Gasteiger charge is 2.12. The van der Waals surface area contributed by atoms with Crippen molar-refractivity contribution in [3.05, 3.63) is 95.1 Å². The van der Waals surface area contributed by atoms with Crippen molar-refractivity contribution in [3.63, 3.8) is 0 Å². The number of allylic oxidation sites excluding steroid dienone is 1. The minimum absolute atomic E-state index is 0.0299. The minimum Gasteiger partial charge on any atom is -0.373 e. The lowest BCUT2D eigenvalue weighted by molar-refractivity contribution is 0.104. The fourth-order valence-corrected chi connectivity index (χ4v) is 4.04. The van der Waals surface area contributed by atoms with Crippen molar-refractivity contribution in [1.29, 1.82) is 0 Å². The molecule has 0 aliphatic heterocycles. The first-order chi connectivity index (χ1) is 16.3. The topological polar surface area (TPSA) is 26.8 Å². The fraction of sp³-hybridized carbons (Fsp3) is 0.300. The first-order valence-corrected chi connectivity index (χ1v) is 11.8. The summed E-state index contributed by atoms with van der Waals surface area (Å²) in [4.78, 5) is 19.7. The molecule has 0 aliphatic carbocycles. The predicted octanol–water partition coefficient (Wildman–Crippen LogP) is 5.62. The van der Waals surface area contributed by atoms with E-state index in [1.165, 1.54) is 16.7 Å². The molecule has 4 heteroatoms. The number of rotatable bonds is 10. The summed E-state index contributed by atoms with van der Waals surface area (Å²) in [6.07, 6.45) is 3.67. The van der Waals surface area contributed by atoms with Crippen LogP contribution < -0.4 is 4.90 Å². The maximum Gasteiger partial charge on any atom is 0.186 e. The monoisotopic (exact) mass is 455 g/mol. The molecular formula is C30H37N3O. The third kappa shape index (κ3) is 6.66. The summed E-state index contributed by atoms with van der Waals surface area (Å²) in [6, 6.07) is 22.8. The third-order valence-corrected chi connectivity index (χ3v) is 5.96. The van der Waals surface area contributed by atoms with Crippen molar-refractivity contribution in [1.82, 2.24) is 9.80 Å². The van der Waals surface area contributed by atoms with Gasteiger partial charge in [-0.25, -0.2) is 0 Å². The molecule has 178 valence electrons. The highest BCUT2D eigenvalue weighted by Crippen LogP contribution is 2.30. The van der Waals surface area contributed by atoms with E-state index in [9.17, 15) is 4.79 Å². The van der Waals surface area contributed by atoms with E-state index in [1.54, 1.807) is 6.08 Å². The van der Waals surface area contributed by atoms with Crippen LogP contribution in [0.25, 0.3) is 17.2 Å². The van der Waals surface area contributed by atoms with Crippen LogP contribution in [-0.4, -0.2) is 63.9 Å². The number of benzene rings is 3. The first-order valence-electron chi connectivity index (χ1n) is 11.8. The van der Waals surface area contributed by atoms with Crippen LogP contribution in [0.2, 0.25) is 0 Å². The Morgan fingerprint density at radius 3 is 2.24 bits per heavy atom. The Labute approximate surface area is 205 Å². The summed E-state index contributed by atoms with van der Waals surface area (Å²) < 4.78 is 0. The van der Waals surface area contributed by atoms with Crippen molar-refractivity contribution < 1.29 is 4.79 Å². The summed E-state index contributed by atoms with van der Waals surface area (Å²) in [5.41, 5.74) is 7.62. The van der Waals surface area contributed by atoms with E-state index in [-0.39, 0.29) is 5.78 Å². The molecule has 3 rings (SSSR count). The molecule has 0 unspecified atom stereocenters. The molecule has 0 saturated heterocycles. The van der Waals surface area contributed by atoms with Crippen molar-refractivity contribution in [2.24, 2.45) is 0 Å². The molecule has 0 N–H and O–H groups in total. The van der Waals surface area contributed by atoms with E-state index in [4.69, 9.17) is 0 Å². The van der Waals surface area contributed by atoms with Gasteiger partial charge < -0.3 is 14.7 Å². The average molecular weight is 456 g/mol. The SMILES string of the molecule is Cc1ccccc1-c1ccc(C=CC(=O)c2ccccc2CN(C)C)c(N(C)CCN(C)C)c1. The molecule has 0 heterocycles. The molecule has 0 fully saturated rings. The molecule has 0 bridgehead atoms. The van der Waals surface area contributed by atoms with Crippen LogP contribution in [0.3, 0.4) is 0 Å². The maximum absolute atomic E-state index is 13.1. The van der Waals surface area contributed by atoms with Crippen LogP contribution in [0.15, 0.2) is 72.8 Å². The lowest BCUT2D eigenvalue weighted by Crippen LogP contribution is -2.28. The first kappa shape index (κ1) is 25.4. The quantitative estimate of drug-likeness (QED) is 0.293. The molecule has 0 saturated carbocycles. The minimum atomic E-state index is 0.0299. The van der Waals surface area contributed by atoms with Gasteiger partial charge in [0, 0.05) is 37.9 Å². The Hall–Kier alpha value is -3.21. The number of carbonyl (C=O) groups excluding carboxylic acids is 1. The number of carbonyl (C=O) groups is 1. The summed E-state index contributed by atoms with van der Waals surface area (Å²) in [7, 11) is 10.3. The number of likely N-dealkylation sites (N-methyl/N-ethyl adjacent to an activating group) is 2. The van der Waals surface area contributed by atoms with Crippen molar-refractivity contribution >= 4 is 17.5 Å². The number of hydrogen-bond acceptors (Lipinski definition) is 4. The predicted molar refractivity (Wildman–Crippen MR) is 146 cm³/mol. The van der Waals surface area contributed by atoms with Gasteiger partial charge in [-0.3, -0.25) is 4.79 Å². The Balaban J connectivity index is 1.96. The second kappa shape index (κ2) is 11.8. The van der Waals surface area contributed by atoms with E-state index in [0.717, 1.165) is 42.0 Å². The van der Waals surface area contributed by atoms with Gasteiger partial charge in [0.15, 0.2) is 5.78 Å². The van der Waals surface area contributed by atoms with Crippen molar-refractivity contribution in [3.8, 4) is 11.1 Å². The number of anilines is 1. The fourth-order valence-electron chi connectivity index (χ4n) is 4.04. The van der Waals surface area contributed by atoms with Crippen molar-refractivity contribution in [2.75, 3.05) is 53.2 Å². The zero-order valence-corrected chi connectivity index (χ0v) is 21.4. The van der Waals surface area contributed by atoms with Gasteiger partial charge in [0.05, 0.1) is 0 Å². The van der Waals surface area contributed by atoms with Crippen LogP contribution >= 0.6 is 0 Å². The van der Waals surface area contributed by atoms with Crippen molar-refractivity contribution in [2.45, 2.75) is 13.5 Å². The Kier molecular flexibility index (Phi) is 8.80. The van der Waals surface area contributed by atoms with Gasteiger partial charge in [0.2, 0.25) is 0 Å². The van der Waals surface area contributed by atoms with Gasteiger partial charge in [-0.1, -0.05) is 60.7 Å². The van der Waals surface area contributed by atoms with Crippen LogP contribution in [0, 0.1) is 6.92 Å². The van der Waals surface area contributed by atoms with Gasteiger partial charge in [-0.2, -0.15) is 0 Å². The summed E-state index contributed by atoms with van der Waals surface area (Å²) in [5, 5.41) is 0. The van der Waals surface area contributed by atoms with E-state index in [2.05, 4.69) is 85.2 Å². The molecule has 0 spiro atoms. The largest absolute Gasteiger partial charge is 0.373 e. The standard InChI is InChI=1S/C30H37N3O/c1-23-11-7-9-13-27(23)25-16-15-24(29(21-25)33(6)20-19-31(2)3)17-18-30(34)28-14-10-8-12-26(28)22-32(4)5/h7-18,21H,19-20,22H2,1-6H3. The molecule has 0 atom stereocenters. The number of ketones is 1.